The molecule has 0 heterocycles. The van der Waals surface area contributed by atoms with Crippen molar-refractivity contribution in [3.63, 3.8) is 0 Å². The molecule has 0 saturated heterocycles. The van der Waals surface area contributed by atoms with Gasteiger partial charge in [-0.25, -0.2) is 0 Å². The van der Waals surface area contributed by atoms with Gasteiger partial charge in [0.2, 0.25) is 0 Å². The van der Waals surface area contributed by atoms with Crippen LogP contribution in [0.4, 0.5) is 0 Å². The van der Waals surface area contributed by atoms with Crippen molar-refractivity contribution in [2.45, 2.75) is 78.1 Å². The minimum atomic E-state index is 0. The number of quaternary nitrogens is 1. The summed E-state index contributed by atoms with van der Waals surface area (Å²) in [7, 11) is 0. The molecular formula is C18H40ClNO2. The van der Waals surface area contributed by atoms with Gasteiger partial charge in [-0.3, -0.25) is 0 Å². The Bertz CT molecular complexity index is 209. The molecule has 4 heteroatoms. The smallest absolute Gasteiger partial charge is 0.102 e. The van der Waals surface area contributed by atoms with E-state index in [0.29, 0.717) is 0 Å². The van der Waals surface area contributed by atoms with Gasteiger partial charge < -0.3 is 27.1 Å². The van der Waals surface area contributed by atoms with Gasteiger partial charge in [-0.1, -0.05) is 58.3 Å². The predicted octanol–water partition coefficient (Wildman–Crippen LogP) is 0.733. The van der Waals surface area contributed by atoms with Crippen LogP contribution >= 0.6 is 0 Å². The maximum atomic E-state index is 9.22. The lowest BCUT2D eigenvalue weighted by Gasteiger charge is -2.37. The van der Waals surface area contributed by atoms with Gasteiger partial charge in [-0.15, -0.1) is 0 Å². The zero-order chi connectivity index (χ0) is 15.8. The molecule has 0 aromatic rings. The third-order valence-corrected chi connectivity index (χ3v) is 4.81. The first-order valence-electron chi connectivity index (χ1n) is 9.31. The van der Waals surface area contributed by atoms with E-state index in [1.807, 2.05) is 0 Å². The summed E-state index contributed by atoms with van der Waals surface area (Å²) in [4.78, 5) is 0. The van der Waals surface area contributed by atoms with Crippen molar-refractivity contribution >= 4 is 0 Å². The molecule has 22 heavy (non-hydrogen) atoms. The highest BCUT2D eigenvalue weighted by Gasteiger charge is 2.23. The summed E-state index contributed by atoms with van der Waals surface area (Å²) in [6, 6.07) is 0. The monoisotopic (exact) mass is 337 g/mol. The number of halogens is 1. The highest BCUT2D eigenvalue weighted by molar-refractivity contribution is 4.49. The van der Waals surface area contributed by atoms with Crippen LogP contribution in [0.2, 0.25) is 0 Å². The van der Waals surface area contributed by atoms with Crippen molar-refractivity contribution in [3.8, 4) is 0 Å². The van der Waals surface area contributed by atoms with E-state index in [9.17, 15) is 10.2 Å². The minimum Gasteiger partial charge on any atom is -1.00 e. The van der Waals surface area contributed by atoms with Crippen LogP contribution in [0.25, 0.3) is 0 Å². The van der Waals surface area contributed by atoms with Crippen molar-refractivity contribution in [3.05, 3.63) is 0 Å². The quantitative estimate of drug-likeness (QED) is 0.322. The van der Waals surface area contributed by atoms with Gasteiger partial charge in [-0.05, 0) is 19.8 Å². The molecule has 0 aliphatic carbocycles. The van der Waals surface area contributed by atoms with E-state index in [2.05, 4.69) is 13.8 Å². The molecule has 0 rings (SSSR count). The maximum Gasteiger partial charge on any atom is 0.102 e. The van der Waals surface area contributed by atoms with Crippen LogP contribution in [-0.2, 0) is 0 Å². The van der Waals surface area contributed by atoms with E-state index in [1.165, 1.54) is 64.2 Å². The Hall–Kier alpha value is 0.170. The number of nitrogens with zero attached hydrogens (tertiary/aromatic N) is 1. The lowest BCUT2D eigenvalue weighted by atomic mass is 10.1. The van der Waals surface area contributed by atoms with E-state index in [-0.39, 0.29) is 25.6 Å². The third kappa shape index (κ3) is 12.7. The summed E-state index contributed by atoms with van der Waals surface area (Å²) in [6.07, 6.45) is 13.6. The van der Waals surface area contributed by atoms with Crippen LogP contribution in [0.15, 0.2) is 0 Å². The lowest BCUT2D eigenvalue weighted by Crippen LogP contribution is -3.00. The van der Waals surface area contributed by atoms with Gasteiger partial charge in [0.1, 0.15) is 13.1 Å². The highest BCUT2D eigenvalue weighted by atomic mass is 35.5. The summed E-state index contributed by atoms with van der Waals surface area (Å²) in [5.74, 6) is 0. The minimum absolute atomic E-state index is 0. The number of aliphatic hydroxyl groups is 2. The van der Waals surface area contributed by atoms with Gasteiger partial charge in [0.05, 0.1) is 26.3 Å². The van der Waals surface area contributed by atoms with E-state index in [1.54, 1.807) is 0 Å². The van der Waals surface area contributed by atoms with E-state index in [4.69, 9.17) is 0 Å². The SMILES string of the molecule is CCCCCCCCCCCC[N+](CC)(CCO)CCO.[Cl-]. The average molecular weight is 338 g/mol. The van der Waals surface area contributed by atoms with Crippen LogP contribution in [-0.4, -0.2) is 54.1 Å². The Morgan fingerprint density at radius 2 is 1.00 bits per heavy atom. The van der Waals surface area contributed by atoms with Crippen molar-refractivity contribution < 1.29 is 27.1 Å². The summed E-state index contributed by atoms with van der Waals surface area (Å²) in [5, 5.41) is 18.4. The van der Waals surface area contributed by atoms with Crippen molar-refractivity contribution in [2.24, 2.45) is 0 Å². The molecule has 2 N–H and O–H groups in total. The Morgan fingerprint density at radius 1 is 0.591 bits per heavy atom. The highest BCUT2D eigenvalue weighted by Crippen LogP contribution is 2.13. The maximum absolute atomic E-state index is 9.22. The molecule has 0 unspecified atom stereocenters. The van der Waals surface area contributed by atoms with Crippen molar-refractivity contribution in [1.82, 2.24) is 0 Å². The van der Waals surface area contributed by atoms with E-state index < -0.39 is 0 Å². The van der Waals surface area contributed by atoms with Gasteiger partial charge in [0.15, 0.2) is 0 Å². The molecule has 0 aromatic heterocycles. The van der Waals surface area contributed by atoms with Crippen molar-refractivity contribution in [1.29, 1.82) is 0 Å². The first-order chi connectivity index (χ1) is 10.2. The molecule has 0 bridgehead atoms. The Morgan fingerprint density at radius 3 is 1.36 bits per heavy atom. The van der Waals surface area contributed by atoms with Crippen LogP contribution in [0, 0.1) is 0 Å². The summed E-state index contributed by atoms with van der Waals surface area (Å²) < 4.78 is 0.879. The predicted molar refractivity (Wildman–Crippen MR) is 91.4 cm³/mol. The standard InChI is InChI=1S/C18H40NO2.ClH/c1-3-5-6-7-8-9-10-11-12-13-14-19(4-2,15-17-20)16-18-21;/h20-21H,3-18H2,1-2H3;1H/q+1;/p-1. The molecule has 0 fully saturated rings. The van der Waals surface area contributed by atoms with Crippen LogP contribution < -0.4 is 12.4 Å². The molecule has 0 saturated carbocycles. The molecule has 0 aromatic carbocycles. The van der Waals surface area contributed by atoms with Crippen LogP contribution in [0.5, 0.6) is 0 Å². The number of rotatable bonds is 16. The molecule has 0 spiro atoms. The molecule has 0 amide bonds. The largest absolute Gasteiger partial charge is 1.00 e. The lowest BCUT2D eigenvalue weighted by molar-refractivity contribution is -0.927. The fourth-order valence-electron chi connectivity index (χ4n) is 3.17. The summed E-state index contributed by atoms with van der Waals surface area (Å²) >= 11 is 0. The Kier molecular flexibility index (Phi) is 19.5. The summed E-state index contributed by atoms with van der Waals surface area (Å²) in [6.45, 7) is 8.58. The zero-order valence-electron chi connectivity index (χ0n) is 15.0. The fourth-order valence-corrected chi connectivity index (χ4v) is 3.17. The number of hydrogen-bond acceptors (Lipinski definition) is 2. The van der Waals surface area contributed by atoms with Gasteiger partial charge in [0, 0.05) is 0 Å². The molecule has 0 radical (unpaired) electrons. The second-order valence-corrected chi connectivity index (χ2v) is 6.46. The number of likely N-dealkylation sites (N-methyl/N-ethyl adjacent to an activating group) is 1. The van der Waals surface area contributed by atoms with Gasteiger partial charge >= 0.3 is 0 Å². The first kappa shape index (κ1) is 24.4. The van der Waals surface area contributed by atoms with E-state index in [0.717, 1.165) is 30.7 Å². The van der Waals surface area contributed by atoms with Crippen LogP contribution in [0.3, 0.4) is 0 Å². The molecule has 3 nitrogen and oxygen atoms in total. The normalized spacial score (nSPS) is 11.5. The second kappa shape index (κ2) is 17.5. The molecule has 0 aliphatic rings. The molecule has 0 atom stereocenters. The number of aliphatic hydroxyl groups excluding tert-OH is 2. The number of hydrogen-bond donors (Lipinski definition) is 2. The number of unbranched alkanes of at least 4 members (excludes halogenated alkanes) is 9. The van der Waals surface area contributed by atoms with Crippen molar-refractivity contribution in [2.75, 3.05) is 39.4 Å². The van der Waals surface area contributed by atoms with Gasteiger partial charge in [0.25, 0.3) is 0 Å². The second-order valence-electron chi connectivity index (χ2n) is 6.46. The zero-order valence-corrected chi connectivity index (χ0v) is 15.8. The molecular weight excluding hydrogens is 298 g/mol. The summed E-state index contributed by atoms with van der Waals surface area (Å²) in [5.41, 5.74) is 0. The fraction of sp³-hybridized carbons (Fsp3) is 1.00. The average Bonchev–Trinajstić information content (AvgIpc) is 2.49. The first-order valence-corrected chi connectivity index (χ1v) is 9.31. The third-order valence-electron chi connectivity index (χ3n) is 4.81. The Balaban J connectivity index is 0. The van der Waals surface area contributed by atoms with E-state index >= 15 is 0 Å². The van der Waals surface area contributed by atoms with Crippen LogP contribution in [0.1, 0.15) is 78.1 Å². The molecule has 136 valence electrons. The topological polar surface area (TPSA) is 40.5 Å². The molecule has 0 aliphatic heterocycles. The van der Waals surface area contributed by atoms with Gasteiger partial charge in [-0.2, -0.15) is 0 Å². The Labute approximate surface area is 145 Å².